The van der Waals surface area contributed by atoms with Gasteiger partial charge in [0.2, 0.25) is 11.8 Å². The second-order valence-corrected chi connectivity index (χ2v) is 7.34. The van der Waals surface area contributed by atoms with Gasteiger partial charge in [0.15, 0.2) is 0 Å². The molecule has 0 saturated heterocycles. The Morgan fingerprint density at radius 3 is 1.82 bits per heavy atom. The van der Waals surface area contributed by atoms with Crippen LogP contribution >= 0.6 is 0 Å². The van der Waals surface area contributed by atoms with E-state index in [2.05, 4.69) is 5.32 Å². The average molecular weight is 388 g/mol. The highest BCUT2D eigenvalue weighted by Crippen LogP contribution is 2.32. The van der Waals surface area contributed by atoms with Gasteiger partial charge in [0, 0.05) is 12.6 Å². The number of carbonyl (C=O) groups excluding carboxylic acids is 2. The van der Waals surface area contributed by atoms with E-state index in [9.17, 15) is 18.4 Å². The number of nitrogens with zero attached hydrogens (tertiary/aromatic N) is 1. The van der Waals surface area contributed by atoms with Gasteiger partial charge in [-0.05, 0) is 35.1 Å². The molecule has 2 aromatic rings. The Morgan fingerprint density at radius 1 is 0.929 bits per heavy atom. The first-order valence-corrected chi connectivity index (χ1v) is 9.28. The van der Waals surface area contributed by atoms with Crippen LogP contribution in [0.1, 0.15) is 57.6 Å². The molecule has 0 aromatic heterocycles. The standard InChI is InChI=1S/C22H26F2N2O2/c1-13(2)16-8-6-9-17(14(3)4)21(16)25-20(28)12-26(15(5)27)22-18(23)10-7-11-19(22)24/h6-11,13-14H,12H2,1-5H3,(H,25,28). The van der Waals surface area contributed by atoms with Crippen LogP contribution in [0.3, 0.4) is 0 Å². The zero-order valence-electron chi connectivity index (χ0n) is 16.8. The summed E-state index contributed by atoms with van der Waals surface area (Å²) >= 11 is 0. The van der Waals surface area contributed by atoms with Crippen molar-refractivity contribution in [2.24, 2.45) is 0 Å². The molecule has 0 radical (unpaired) electrons. The van der Waals surface area contributed by atoms with Gasteiger partial charge in [-0.2, -0.15) is 0 Å². The highest BCUT2D eigenvalue weighted by molar-refractivity contribution is 6.02. The van der Waals surface area contributed by atoms with Gasteiger partial charge in [0.05, 0.1) is 0 Å². The molecule has 0 atom stereocenters. The molecule has 150 valence electrons. The quantitative estimate of drug-likeness (QED) is 0.739. The fourth-order valence-corrected chi connectivity index (χ4v) is 3.11. The van der Waals surface area contributed by atoms with E-state index in [1.54, 1.807) is 0 Å². The Morgan fingerprint density at radius 2 is 1.39 bits per heavy atom. The monoisotopic (exact) mass is 388 g/mol. The third-order valence-corrected chi connectivity index (χ3v) is 4.53. The summed E-state index contributed by atoms with van der Waals surface area (Å²) in [6, 6.07) is 9.13. The molecule has 4 nitrogen and oxygen atoms in total. The van der Waals surface area contributed by atoms with E-state index in [0.29, 0.717) is 5.69 Å². The van der Waals surface area contributed by atoms with Crippen LogP contribution in [0, 0.1) is 11.6 Å². The minimum Gasteiger partial charge on any atom is -0.324 e. The number of rotatable bonds is 6. The smallest absolute Gasteiger partial charge is 0.244 e. The number of carbonyl (C=O) groups is 2. The normalized spacial score (nSPS) is 11.0. The maximum atomic E-state index is 14.1. The molecule has 0 spiro atoms. The molecular weight excluding hydrogens is 362 g/mol. The van der Waals surface area contributed by atoms with Crippen LogP contribution in [0.5, 0.6) is 0 Å². The Bertz CT molecular complexity index is 832. The van der Waals surface area contributed by atoms with Crippen LogP contribution in [0.4, 0.5) is 20.2 Å². The largest absolute Gasteiger partial charge is 0.324 e. The molecule has 0 aliphatic carbocycles. The number of hydrogen-bond donors (Lipinski definition) is 1. The number of anilines is 2. The highest BCUT2D eigenvalue weighted by atomic mass is 19.1. The van der Waals surface area contributed by atoms with E-state index in [1.807, 2.05) is 45.9 Å². The molecule has 0 unspecified atom stereocenters. The Labute approximate surface area is 164 Å². The third kappa shape index (κ3) is 4.74. The second-order valence-electron chi connectivity index (χ2n) is 7.34. The number of nitrogens with one attached hydrogen (secondary N) is 1. The van der Waals surface area contributed by atoms with Crippen molar-refractivity contribution in [1.29, 1.82) is 0 Å². The summed E-state index contributed by atoms with van der Waals surface area (Å²) in [6.45, 7) is 8.76. The lowest BCUT2D eigenvalue weighted by atomic mass is 9.92. The zero-order valence-corrected chi connectivity index (χ0v) is 16.8. The first-order valence-electron chi connectivity index (χ1n) is 9.28. The molecule has 0 bridgehead atoms. The van der Waals surface area contributed by atoms with Crippen molar-refractivity contribution in [3.05, 3.63) is 59.2 Å². The van der Waals surface area contributed by atoms with Crippen LogP contribution in [-0.2, 0) is 9.59 Å². The van der Waals surface area contributed by atoms with Gasteiger partial charge in [-0.1, -0.05) is 52.0 Å². The van der Waals surface area contributed by atoms with Crippen LogP contribution in [0.25, 0.3) is 0 Å². The molecule has 2 rings (SSSR count). The maximum Gasteiger partial charge on any atom is 0.244 e. The summed E-state index contributed by atoms with van der Waals surface area (Å²) in [6.07, 6.45) is 0. The van der Waals surface area contributed by atoms with E-state index in [-0.39, 0.29) is 11.8 Å². The Kier molecular flexibility index (Phi) is 6.89. The summed E-state index contributed by atoms with van der Waals surface area (Å²) in [4.78, 5) is 25.5. The molecule has 0 aliphatic heterocycles. The number of para-hydroxylation sites is 2. The van der Waals surface area contributed by atoms with Crippen molar-refractivity contribution in [1.82, 2.24) is 0 Å². The van der Waals surface area contributed by atoms with Gasteiger partial charge in [0.25, 0.3) is 0 Å². The van der Waals surface area contributed by atoms with Crippen LogP contribution in [-0.4, -0.2) is 18.4 Å². The SMILES string of the molecule is CC(=O)N(CC(=O)Nc1c(C(C)C)cccc1C(C)C)c1c(F)cccc1F. The minimum atomic E-state index is -0.895. The van der Waals surface area contributed by atoms with Gasteiger partial charge in [0.1, 0.15) is 23.9 Å². The van der Waals surface area contributed by atoms with E-state index < -0.39 is 35.7 Å². The Hall–Kier alpha value is -2.76. The topological polar surface area (TPSA) is 49.4 Å². The van der Waals surface area contributed by atoms with Crippen LogP contribution in [0.15, 0.2) is 36.4 Å². The van der Waals surface area contributed by atoms with Gasteiger partial charge < -0.3 is 5.32 Å². The maximum absolute atomic E-state index is 14.1. The minimum absolute atomic E-state index is 0.168. The number of benzene rings is 2. The summed E-state index contributed by atoms with van der Waals surface area (Å²) < 4.78 is 28.2. The highest BCUT2D eigenvalue weighted by Gasteiger charge is 2.24. The Balaban J connectivity index is 2.36. The van der Waals surface area contributed by atoms with Crippen molar-refractivity contribution in [2.45, 2.75) is 46.5 Å². The third-order valence-electron chi connectivity index (χ3n) is 4.53. The number of amides is 2. The first kappa shape index (κ1) is 21.5. The van der Waals surface area contributed by atoms with E-state index in [4.69, 9.17) is 0 Å². The lowest BCUT2D eigenvalue weighted by molar-refractivity contribution is -0.120. The van der Waals surface area contributed by atoms with Crippen molar-refractivity contribution in [3.63, 3.8) is 0 Å². The predicted molar refractivity (Wildman–Crippen MR) is 108 cm³/mol. The van der Waals surface area contributed by atoms with Crippen LogP contribution in [0.2, 0.25) is 0 Å². The van der Waals surface area contributed by atoms with Crippen molar-refractivity contribution in [2.75, 3.05) is 16.8 Å². The van der Waals surface area contributed by atoms with E-state index >= 15 is 0 Å². The molecule has 0 fully saturated rings. The van der Waals surface area contributed by atoms with Gasteiger partial charge in [-0.25, -0.2) is 8.78 Å². The van der Waals surface area contributed by atoms with E-state index in [0.717, 1.165) is 28.2 Å². The lowest BCUT2D eigenvalue weighted by Crippen LogP contribution is -2.38. The molecule has 1 N–H and O–H groups in total. The summed E-state index contributed by atoms with van der Waals surface area (Å²) in [5, 5.41) is 2.86. The first-order chi connectivity index (χ1) is 13.1. The molecule has 6 heteroatoms. The van der Waals surface area contributed by atoms with E-state index in [1.165, 1.54) is 13.0 Å². The number of hydrogen-bond acceptors (Lipinski definition) is 2. The molecular formula is C22H26F2N2O2. The number of halogens is 2. The molecule has 2 amide bonds. The summed E-state index contributed by atoms with van der Waals surface area (Å²) in [7, 11) is 0. The van der Waals surface area contributed by atoms with Gasteiger partial charge >= 0.3 is 0 Å². The second kappa shape index (κ2) is 8.95. The molecule has 0 saturated carbocycles. The average Bonchev–Trinajstić information content (AvgIpc) is 2.60. The van der Waals surface area contributed by atoms with Gasteiger partial charge in [-0.3, -0.25) is 14.5 Å². The lowest BCUT2D eigenvalue weighted by Gasteiger charge is -2.24. The molecule has 28 heavy (non-hydrogen) atoms. The fourth-order valence-electron chi connectivity index (χ4n) is 3.11. The van der Waals surface area contributed by atoms with Gasteiger partial charge in [-0.15, -0.1) is 0 Å². The van der Waals surface area contributed by atoms with Crippen molar-refractivity contribution >= 4 is 23.2 Å². The summed E-state index contributed by atoms with van der Waals surface area (Å²) in [5.41, 5.74) is 2.10. The molecule has 0 aliphatic rings. The zero-order chi connectivity index (χ0) is 21.0. The molecule has 0 heterocycles. The van der Waals surface area contributed by atoms with Crippen molar-refractivity contribution < 1.29 is 18.4 Å². The predicted octanol–water partition coefficient (Wildman–Crippen LogP) is 5.20. The van der Waals surface area contributed by atoms with Crippen LogP contribution < -0.4 is 10.2 Å². The summed E-state index contributed by atoms with van der Waals surface area (Å²) in [5.74, 6) is -2.60. The molecule has 2 aromatic carbocycles. The van der Waals surface area contributed by atoms with Crippen molar-refractivity contribution in [3.8, 4) is 0 Å². The fraction of sp³-hybridized carbons (Fsp3) is 0.364.